The Balaban J connectivity index is 2.52. The number of imidazole rings is 1. The molecule has 1 N–H and O–H groups in total. The normalized spacial score (nSPS) is 12.9. The molecule has 2 rings (SSSR count). The first kappa shape index (κ1) is 12.4. The summed E-state index contributed by atoms with van der Waals surface area (Å²) in [7, 11) is 1.62. The van der Waals surface area contributed by atoms with Crippen molar-refractivity contribution < 1.29 is 4.74 Å². The number of rotatable bonds is 4. The first-order valence-corrected chi connectivity index (χ1v) is 7.01. The Morgan fingerprint density at radius 3 is 3.00 bits per heavy atom. The summed E-state index contributed by atoms with van der Waals surface area (Å²) < 4.78 is 7.87. The third kappa shape index (κ3) is 2.47. The van der Waals surface area contributed by atoms with Crippen molar-refractivity contribution in [2.75, 3.05) is 13.4 Å². The van der Waals surface area contributed by atoms with E-state index in [2.05, 4.69) is 23.1 Å². The van der Waals surface area contributed by atoms with E-state index in [0.29, 0.717) is 15.9 Å². The van der Waals surface area contributed by atoms with Crippen LogP contribution in [0.25, 0.3) is 11.2 Å². The van der Waals surface area contributed by atoms with E-state index in [1.165, 1.54) is 0 Å². The molecule has 4 nitrogen and oxygen atoms in total. The van der Waals surface area contributed by atoms with Gasteiger partial charge in [-0.2, -0.15) is 16.7 Å². The summed E-state index contributed by atoms with van der Waals surface area (Å²) in [5.41, 5.74) is 1.80. The van der Waals surface area contributed by atoms with E-state index in [1.807, 2.05) is 28.5 Å². The van der Waals surface area contributed by atoms with Crippen molar-refractivity contribution in [2.24, 2.45) is 0 Å². The molecule has 2 aromatic rings. The van der Waals surface area contributed by atoms with Crippen molar-refractivity contribution in [2.45, 2.75) is 18.7 Å². The molecule has 1 unspecified atom stereocenters. The second-order valence-electron chi connectivity index (χ2n) is 3.81. The number of nitrogens with one attached hydrogen (secondary N) is 1. The van der Waals surface area contributed by atoms with Crippen LogP contribution >= 0.6 is 24.0 Å². The van der Waals surface area contributed by atoms with Gasteiger partial charge < -0.3 is 14.3 Å². The van der Waals surface area contributed by atoms with Crippen LogP contribution in [-0.2, 0) is 6.54 Å². The van der Waals surface area contributed by atoms with Gasteiger partial charge in [-0.3, -0.25) is 0 Å². The van der Waals surface area contributed by atoms with Gasteiger partial charge in [0.1, 0.15) is 0 Å². The Morgan fingerprint density at radius 1 is 1.59 bits per heavy atom. The molecule has 0 aliphatic rings. The minimum atomic E-state index is 0.494. The largest absolute Gasteiger partial charge is 0.481 e. The Hall–Kier alpha value is -1.01. The van der Waals surface area contributed by atoms with Gasteiger partial charge in [0.2, 0.25) is 5.88 Å². The number of methoxy groups -OCH3 is 1. The molecule has 17 heavy (non-hydrogen) atoms. The summed E-state index contributed by atoms with van der Waals surface area (Å²) in [6, 6.07) is 3.77. The molecule has 0 aromatic carbocycles. The van der Waals surface area contributed by atoms with Crippen LogP contribution in [0.3, 0.4) is 0 Å². The Kier molecular flexibility index (Phi) is 3.73. The van der Waals surface area contributed by atoms with Gasteiger partial charge in [-0.25, -0.2) is 0 Å². The number of thioether (sulfide) groups is 1. The first-order valence-electron chi connectivity index (χ1n) is 5.32. The second kappa shape index (κ2) is 5.10. The van der Waals surface area contributed by atoms with Crippen molar-refractivity contribution in [3.63, 3.8) is 0 Å². The van der Waals surface area contributed by atoms with E-state index in [9.17, 15) is 0 Å². The minimum Gasteiger partial charge on any atom is -0.481 e. The van der Waals surface area contributed by atoms with E-state index < -0.39 is 0 Å². The van der Waals surface area contributed by atoms with Crippen molar-refractivity contribution in [1.82, 2.24) is 14.5 Å². The summed E-state index contributed by atoms with van der Waals surface area (Å²) >= 11 is 7.13. The van der Waals surface area contributed by atoms with Crippen LogP contribution in [0.1, 0.15) is 6.92 Å². The summed E-state index contributed by atoms with van der Waals surface area (Å²) in [5.74, 6) is 0.608. The van der Waals surface area contributed by atoms with Crippen LogP contribution in [0.2, 0.25) is 0 Å². The van der Waals surface area contributed by atoms with Crippen LogP contribution in [0.5, 0.6) is 5.88 Å². The molecule has 1 atom stereocenters. The number of aromatic amines is 1. The van der Waals surface area contributed by atoms with Gasteiger partial charge in [0.05, 0.1) is 12.6 Å². The summed E-state index contributed by atoms with van der Waals surface area (Å²) in [6.45, 7) is 3.02. The van der Waals surface area contributed by atoms with E-state index in [0.717, 1.165) is 17.7 Å². The van der Waals surface area contributed by atoms with Gasteiger partial charge in [0.25, 0.3) is 0 Å². The van der Waals surface area contributed by atoms with Gasteiger partial charge in [-0.1, -0.05) is 6.92 Å². The van der Waals surface area contributed by atoms with E-state index >= 15 is 0 Å². The molecule has 6 heteroatoms. The molecular weight excluding hydrogens is 254 g/mol. The molecule has 0 aliphatic carbocycles. The van der Waals surface area contributed by atoms with Gasteiger partial charge >= 0.3 is 0 Å². The highest BCUT2D eigenvalue weighted by atomic mass is 32.2. The number of fused-ring (bicyclic) bond motifs is 1. The van der Waals surface area contributed by atoms with Crippen molar-refractivity contribution in [1.29, 1.82) is 0 Å². The molecule has 0 saturated carbocycles. The maximum absolute atomic E-state index is 5.32. The van der Waals surface area contributed by atoms with Gasteiger partial charge in [0, 0.05) is 17.9 Å². The SMILES string of the molecule is COc1ccc2[nH]c(=S)n(CC(C)SC)c2n1. The van der Waals surface area contributed by atoms with Crippen molar-refractivity contribution >= 4 is 35.1 Å². The molecule has 0 bridgehead atoms. The lowest BCUT2D eigenvalue weighted by molar-refractivity contribution is 0.399. The molecule has 0 aliphatic heterocycles. The van der Waals surface area contributed by atoms with Crippen molar-refractivity contribution in [3.05, 3.63) is 16.9 Å². The van der Waals surface area contributed by atoms with Crippen LogP contribution < -0.4 is 4.74 Å². The lowest BCUT2D eigenvalue weighted by atomic mass is 10.4. The number of aromatic nitrogens is 3. The fourth-order valence-corrected chi connectivity index (χ4v) is 2.20. The molecule has 0 saturated heterocycles. The number of nitrogens with zero attached hydrogens (tertiary/aromatic N) is 2. The van der Waals surface area contributed by atoms with E-state index in [1.54, 1.807) is 7.11 Å². The highest BCUT2D eigenvalue weighted by molar-refractivity contribution is 7.99. The average molecular weight is 269 g/mol. The van der Waals surface area contributed by atoms with Gasteiger partial charge in [-0.15, -0.1) is 0 Å². The molecule has 2 aromatic heterocycles. The van der Waals surface area contributed by atoms with Crippen molar-refractivity contribution in [3.8, 4) is 5.88 Å². The zero-order chi connectivity index (χ0) is 12.4. The Morgan fingerprint density at radius 2 is 2.35 bits per heavy atom. The molecule has 92 valence electrons. The van der Waals surface area contributed by atoms with Crippen LogP contribution in [0, 0.1) is 4.77 Å². The fourth-order valence-electron chi connectivity index (χ4n) is 1.63. The highest BCUT2D eigenvalue weighted by Crippen LogP contribution is 2.18. The maximum Gasteiger partial charge on any atom is 0.215 e. The fraction of sp³-hybridized carbons (Fsp3) is 0.455. The molecular formula is C11H15N3OS2. The first-order chi connectivity index (χ1) is 8.15. The number of hydrogen-bond acceptors (Lipinski definition) is 4. The summed E-state index contributed by atoms with van der Waals surface area (Å²) in [4.78, 5) is 7.59. The smallest absolute Gasteiger partial charge is 0.215 e. The van der Waals surface area contributed by atoms with Crippen LogP contribution in [0.4, 0.5) is 0 Å². The number of H-pyrrole nitrogens is 1. The zero-order valence-corrected chi connectivity index (χ0v) is 11.7. The minimum absolute atomic E-state index is 0.494. The molecule has 0 spiro atoms. The predicted octanol–water partition coefficient (Wildman–Crippen LogP) is 2.85. The van der Waals surface area contributed by atoms with E-state index in [-0.39, 0.29) is 0 Å². The van der Waals surface area contributed by atoms with E-state index in [4.69, 9.17) is 17.0 Å². The monoisotopic (exact) mass is 269 g/mol. The maximum atomic E-state index is 5.32. The number of ether oxygens (including phenoxy) is 1. The standard InChI is InChI=1S/C11H15N3OS2/c1-7(17-3)6-14-10-8(12-11(14)16)4-5-9(13-10)15-2/h4-5,7H,6H2,1-3H3,(H,12,16). The quantitative estimate of drug-likeness (QED) is 0.867. The van der Waals surface area contributed by atoms with Gasteiger partial charge in [0.15, 0.2) is 10.4 Å². The third-order valence-electron chi connectivity index (χ3n) is 2.64. The second-order valence-corrected chi connectivity index (χ2v) is 5.47. The highest BCUT2D eigenvalue weighted by Gasteiger charge is 2.09. The summed E-state index contributed by atoms with van der Waals surface area (Å²) in [5, 5.41) is 0.494. The third-order valence-corrected chi connectivity index (χ3v) is 3.92. The lowest BCUT2D eigenvalue weighted by Crippen LogP contribution is -2.09. The summed E-state index contributed by atoms with van der Waals surface area (Å²) in [6.07, 6.45) is 2.09. The molecule has 0 radical (unpaired) electrons. The van der Waals surface area contributed by atoms with Crippen LogP contribution in [-0.4, -0.2) is 33.2 Å². The average Bonchev–Trinajstić information content (AvgIpc) is 2.65. The number of pyridine rings is 1. The zero-order valence-electron chi connectivity index (χ0n) is 10.1. The van der Waals surface area contributed by atoms with Crippen LogP contribution in [0.15, 0.2) is 12.1 Å². The lowest BCUT2D eigenvalue weighted by Gasteiger charge is -2.09. The van der Waals surface area contributed by atoms with Gasteiger partial charge in [-0.05, 0) is 24.5 Å². The predicted molar refractivity (Wildman–Crippen MR) is 74.4 cm³/mol. The Bertz CT molecular complexity index is 576. The Labute approximate surface area is 109 Å². The molecule has 2 heterocycles. The number of hydrogen-bond donors (Lipinski definition) is 1. The topological polar surface area (TPSA) is 42.8 Å². The molecule has 0 amide bonds. The molecule has 0 fully saturated rings.